The summed E-state index contributed by atoms with van der Waals surface area (Å²) < 4.78 is 11.2. The number of aromatic nitrogens is 2. The molecule has 0 aliphatic carbocycles. The Balaban J connectivity index is 1.57. The molecule has 0 saturated carbocycles. The fourth-order valence-corrected chi connectivity index (χ4v) is 3.70. The Hall–Kier alpha value is -2.93. The number of anilines is 1. The molecule has 158 valence electrons. The van der Waals surface area contributed by atoms with Crippen LogP contribution in [0.2, 0.25) is 0 Å². The Kier molecular flexibility index (Phi) is 7.79. The number of benzene rings is 2. The molecule has 7 heteroatoms. The molecule has 0 atom stereocenters. The molecule has 0 saturated heterocycles. The van der Waals surface area contributed by atoms with Gasteiger partial charge in [-0.15, -0.1) is 0 Å². The Morgan fingerprint density at radius 1 is 1.07 bits per heavy atom. The monoisotopic (exact) mass is 425 g/mol. The summed E-state index contributed by atoms with van der Waals surface area (Å²) in [4.78, 5) is 20.3. The number of carbonyl (C=O) groups excluding carboxylic acids is 1. The third kappa shape index (κ3) is 6.03. The third-order valence-corrected chi connectivity index (χ3v) is 5.22. The molecular weight excluding hydrogens is 398 g/mol. The van der Waals surface area contributed by atoms with Crippen LogP contribution in [0.25, 0.3) is 0 Å². The van der Waals surface area contributed by atoms with Gasteiger partial charge >= 0.3 is 0 Å². The fourth-order valence-electron chi connectivity index (χ4n) is 2.96. The standard InChI is InChI=1S/C23H27N3O3S/c1-4-28-20-12-11-18(14-21(20)29-5-2)25-22(27)15-30-23-24-16(3)19(26-23)13-17-9-7-6-8-10-17/h6-12,14H,4-5,13,15H2,1-3H3,(H,24,26)(H,25,27). The molecule has 2 N–H and O–H groups in total. The van der Waals surface area contributed by atoms with Crippen molar-refractivity contribution >= 4 is 23.4 Å². The number of hydrogen-bond donors (Lipinski definition) is 2. The van der Waals surface area contributed by atoms with Crippen LogP contribution in [0.1, 0.15) is 30.8 Å². The molecule has 0 aliphatic heterocycles. The average molecular weight is 426 g/mol. The van der Waals surface area contributed by atoms with Crippen molar-refractivity contribution in [3.05, 3.63) is 65.5 Å². The largest absolute Gasteiger partial charge is 0.490 e. The van der Waals surface area contributed by atoms with Gasteiger partial charge in [-0.3, -0.25) is 4.79 Å². The van der Waals surface area contributed by atoms with E-state index < -0.39 is 0 Å². The second kappa shape index (κ2) is 10.7. The number of carbonyl (C=O) groups is 1. The summed E-state index contributed by atoms with van der Waals surface area (Å²) >= 11 is 1.38. The van der Waals surface area contributed by atoms with E-state index in [0.29, 0.717) is 30.4 Å². The predicted molar refractivity (Wildman–Crippen MR) is 121 cm³/mol. The molecule has 1 amide bonds. The SMILES string of the molecule is CCOc1ccc(NC(=O)CSc2nc(Cc3ccccc3)c(C)[nH]2)cc1OCC. The summed E-state index contributed by atoms with van der Waals surface area (Å²) in [5.41, 5.74) is 3.90. The lowest BCUT2D eigenvalue weighted by Gasteiger charge is -2.12. The molecule has 0 bridgehead atoms. The van der Waals surface area contributed by atoms with Crippen molar-refractivity contribution < 1.29 is 14.3 Å². The normalized spacial score (nSPS) is 10.6. The number of aryl methyl sites for hydroxylation is 1. The van der Waals surface area contributed by atoms with E-state index in [9.17, 15) is 4.79 Å². The zero-order chi connectivity index (χ0) is 21.3. The number of nitrogens with zero attached hydrogens (tertiary/aromatic N) is 1. The number of nitrogens with one attached hydrogen (secondary N) is 2. The molecule has 30 heavy (non-hydrogen) atoms. The van der Waals surface area contributed by atoms with Crippen molar-refractivity contribution in [2.75, 3.05) is 24.3 Å². The zero-order valence-electron chi connectivity index (χ0n) is 17.5. The number of amides is 1. The van der Waals surface area contributed by atoms with Crippen LogP contribution in [0.15, 0.2) is 53.7 Å². The van der Waals surface area contributed by atoms with Gasteiger partial charge in [0.1, 0.15) is 0 Å². The van der Waals surface area contributed by atoms with E-state index in [1.54, 1.807) is 6.07 Å². The maximum absolute atomic E-state index is 12.4. The van der Waals surface area contributed by atoms with Crippen molar-refractivity contribution in [2.24, 2.45) is 0 Å². The van der Waals surface area contributed by atoms with Gasteiger partial charge in [0, 0.05) is 23.9 Å². The lowest BCUT2D eigenvalue weighted by molar-refractivity contribution is -0.113. The van der Waals surface area contributed by atoms with Crippen LogP contribution < -0.4 is 14.8 Å². The molecule has 1 heterocycles. The maximum atomic E-state index is 12.4. The first kappa shape index (κ1) is 21.8. The van der Waals surface area contributed by atoms with E-state index in [1.165, 1.54) is 17.3 Å². The minimum Gasteiger partial charge on any atom is -0.490 e. The van der Waals surface area contributed by atoms with Gasteiger partial charge < -0.3 is 19.8 Å². The molecule has 0 spiro atoms. The molecule has 0 unspecified atom stereocenters. The van der Waals surface area contributed by atoms with Crippen LogP contribution in [-0.2, 0) is 11.2 Å². The zero-order valence-corrected chi connectivity index (χ0v) is 18.3. The molecular formula is C23H27N3O3S. The van der Waals surface area contributed by atoms with Crippen LogP contribution in [0.4, 0.5) is 5.69 Å². The lowest BCUT2D eigenvalue weighted by atomic mass is 10.1. The number of H-pyrrole nitrogens is 1. The predicted octanol–water partition coefficient (Wildman–Crippen LogP) is 4.84. The second-order valence-electron chi connectivity index (χ2n) is 6.64. The first-order valence-electron chi connectivity index (χ1n) is 10.0. The number of rotatable bonds is 10. The molecule has 2 aromatic carbocycles. The van der Waals surface area contributed by atoms with Crippen LogP contribution >= 0.6 is 11.8 Å². The van der Waals surface area contributed by atoms with E-state index in [2.05, 4.69) is 27.4 Å². The highest BCUT2D eigenvalue weighted by molar-refractivity contribution is 7.99. The van der Waals surface area contributed by atoms with E-state index in [0.717, 1.165) is 23.0 Å². The molecule has 0 aliphatic rings. The number of hydrogen-bond acceptors (Lipinski definition) is 5. The molecule has 0 radical (unpaired) electrons. The Morgan fingerprint density at radius 3 is 2.53 bits per heavy atom. The van der Waals surface area contributed by atoms with Gasteiger partial charge in [0.2, 0.25) is 5.91 Å². The molecule has 6 nitrogen and oxygen atoms in total. The maximum Gasteiger partial charge on any atom is 0.234 e. The average Bonchev–Trinajstić information content (AvgIpc) is 3.09. The van der Waals surface area contributed by atoms with Gasteiger partial charge in [-0.25, -0.2) is 4.98 Å². The number of aromatic amines is 1. The summed E-state index contributed by atoms with van der Waals surface area (Å²) in [5.74, 6) is 1.44. The van der Waals surface area contributed by atoms with Gasteiger partial charge in [0.05, 0.1) is 24.7 Å². The Bertz CT molecular complexity index is 973. The fraction of sp³-hybridized carbons (Fsp3) is 0.304. The molecule has 3 rings (SSSR count). The highest BCUT2D eigenvalue weighted by atomic mass is 32.2. The van der Waals surface area contributed by atoms with Gasteiger partial charge in [-0.05, 0) is 38.5 Å². The highest BCUT2D eigenvalue weighted by Crippen LogP contribution is 2.30. The summed E-state index contributed by atoms with van der Waals surface area (Å²) in [7, 11) is 0. The van der Waals surface area contributed by atoms with Crippen LogP contribution in [0.5, 0.6) is 11.5 Å². The first-order chi connectivity index (χ1) is 14.6. The molecule has 1 aromatic heterocycles. The highest BCUT2D eigenvalue weighted by Gasteiger charge is 2.12. The van der Waals surface area contributed by atoms with Gasteiger partial charge in [-0.2, -0.15) is 0 Å². The minimum atomic E-state index is -0.106. The molecule has 0 fully saturated rings. The van der Waals surface area contributed by atoms with Gasteiger partial charge in [-0.1, -0.05) is 42.1 Å². The quantitative estimate of drug-likeness (QED) is 0.455. The van der Waals surface area contributed by atoms with Crippen LogP contribution in [0.3, 0.4) is 0 Å². The lowest BCUT2D eigenvalue weighted by Crippen LogP contribution is -2.14. The summed E-state index contributed by atoms with van der Waals surface area (Å²) in [6.07, 6.45) is 0.766. The van der Waals surface area contributed by atoms with E-state index >= 15 is 0 Å². The smallest absolute Gasteiger partial charge is 0.234 e. The van der Waals surface area contributed by atoms with E-state index in [-0.39, 0.29) is 11.7 Å². The molecule has 3 aromatic rings. The van der Waals surface area contributed by atoms with Crippen LogP contribution in [-0.4, -0.2) is 34.8 Å². The Morgan fingerprint density at radius 2 is 1.80 bits per heavy atom. The number of ether oxygens (including phenoxy) is 2. The number of imidazole rings is 1. The first-order valence-corrected chi connectivity index (χ1v) is 11.0. The summed E-state index contributed by atoms with van der Waals surface area (Å²) in [5, 5.41) is 3.65. The van der Waals surface area contributed by atoms with Crippen LogP contribution in [0, 0.1) is 6.92 Å². The van der Waals surface area contributed by atoms with Crippen molar-refractivity contribution in [2.45, 2.75) is 32.3 Å². The van der Waals surface area contributed by atoms with Crippen molar-refractivity contribution in [3.8, 4) is 11.5 Å². The van der Waals surface area contributed by atoms with Crippen molar-refractivity contribution in [3.63, 3.8) is 0 Å². The second-order valence-corrected chi connectivity index (χ2v) is 7.60. The number of thioether (sulfide) groups is 1. The van der Waals surface area contributed by atoms with Gasteiger partial charge in [0.15, 0.2) is 16.7 Å². The van der Waals surface area contributed by atoms with Gasteiger partial charge in [0.25, 0.3) is 0 Å². The van der Waals surface area contributed by atoms with E-state index in [1.807, 2.05) is 51.1 Å². The summed E-state index contributed by atoms with van der Waals surface area (Å²) in [6, 6.07) is 15.6. The third-order valence-electron chi connectivity index (χ3n) is 4.35. The summed E-state index contributed by atoms with van der Waals surface area (Å²) in [6.45, 7) is 6.91. The van der Waals surface area contributed by atoms with Crippen molar-refractivity contribution in [1.29, 1.82) is 0 Å². The topological polar surface area (TPSA) is 76.2 Å². The Labute approximate surface area is 181 Å². The van der Waals surface area contributed by atoms with E-state index in [4.69, 9.17) is 9.47 Å². The minimum absolute atomic E-state index is 0.106. The van der Waals surface area contributed by atoms with Crippen molar-refractivity contribution in [1.82, 2.24) is 9.97 Å².